The number of carbonyl (C=O) groups excluding carboxylic acids is 1. The van der Waals surface area contributed by atoms with Crippen LogP contribution in [0, 0.1) is 6.92 Å². The van der Waals surface area contributed by atoms with Gasteiger partial charge >= 0.3 is 12.4 Å². The van der Waals surface area contributed by atoms with Crippen molar-refractivity contribution in [2.45, 2.75) is 31.6 Å². The minimum atomic E-state index is -4.75. The Morgan fingerprint density at radius 3 is 2.13 bits per heavy atom. The maximum atomic E-state index is 13.6. The number of nitrogens with zero attached hydrogens (tertiary/aromatic N) is 2. The number of aryl methyl sites for hydroxylation is 1. The van der Waals surface area contributed by atoms with Gasteiger partial charge in [-0.2, -0.15) is 26.3 Å². The lowest BCUT2D eigenvalue weighted by Gasteiger charge is -2.21. The lowest BCUT2D eigenvalue weighted by molar-refractivity contribution is -0.139. The lowest BCUT2D eigenvalue weighted by atomic mass is 9.86. The number of ketones is 1. The van der Waals surface area contributed by atoms with Gasteiger partial charge in [0.05, 0.1) is 16.8 Å². The summed E-state index contributed by atoms with van der Waals surface area (Å²) in [6.45, 7) is 1.71. The number of hydrogen-bond acceptors (Lipinski definition) is 3. The van der Waals surface area contributed by atoms with Crippen molar-refractivity contribution in [1.82, 2.24) is 9.97 Å². The molecule has 3 rings (SSSR count). The summed E-state index contributed by atoms with van der Waals surface area (Å²) in [6, 6.07) is 8.72. The van der Waals surface area contributed by atoms with Crippen LogP contribution in [0.3, 0.4) is 0 Å². The second-order valence-corrected chi connectivity index (χ2v) is 6.92. The summed E-state index contributed by atoms with van der Waals surface area (Å²) in [7, 11) is 0. The van der Waals surface area contributed by atoms with Crippen LogP contribution in [0.4, 0.5) is 26.3 Å². The van der Waals surface area contributed by atoms with Gasteiger partial charge in [0.1, 0.15) is 0 Å². The highest BCUT2D eigenvalue weighted by Gasteiger charge is 2.37. The number of alkyl halides is 6. The highest BCUT2D eigenvalue weighted by molar-refractivity contribution is 5.96. The van der Waals surface area contributed by atoms with Gasteiger partial charge in [0.15, 0.2) is 5.78 Å². The summed E-state index contributed by atoms with van der Waals surface area (Å²) < 4.78 is 79.4. The third-order valence-electron chi connectivity index (χ3n) is 4.74. The number of rotatable bonds is 5. The van der Waals surface area contributed by atoms with Crippen molar-refractivity contribution in [1.29, 1.82) is 0 Å². The predicted molar refractivity (Wildman–Crippen MR) is 100 cm³/mol. The van der Waals surface area contributed by atoms with Crippen molar-refractivity contribution in [3.05, 3.63) is 94.6 Å². The highest BCUT2D eigenvalue weighted by atomic mass is 19.4. The third kappa shape index (κ3) is 5.28. The Morgan fingerprint density at radius 2 is 1.58 bits per heavy atom. The first-order valence-corrected chi connectivity index (χ1v) is 9.12. The van der Waals surface area contributed by atoms with E-state index in [2.05, 4.69) is 9.97 Å². The molecule has 0 bridgehead atoms. The summed E-state index contributed by atoms with van der Waals surface area (Å²) >= 11 is 0. The average molecular weight is 438 g/mol. The van der Waals surface area contributed by atoms with Crippen molar-refractivity contribution >= 4 is 5.78 Å². The van der Waals surface area contributed by atoms with Gasteiger partial charge in [0.25, 0.3) is 0 Å². The molecule has 0 unspecified atom stereocenters. The Balaban J connectivity index is 2.07. The first-order valence-electron chi connectivity index (χ1n) is 9.12. The first-order chi connectivity index (χ1) is 14.5. The van der Waals surface area contributed by atoms with E-state index in [0.717, 1.165) is 42.6 Å². The first kappa shape index (κ1) is 22.5. The topological polar surface area (TPSA) is 42.9 Å². The monoisotopic (exact) mass is 438 g/mol. The summed E-state index contributed by atoms with van der Waals surface area (Å²) in [4.78, 5) is 20.6. The van der Waals surface area contributed by atoms with E-state index >= 15 is 0 Å². The Morgan fingerprint density at radius 1 is 0.903 bits per heavy atom. The zero-order chi connectivity index (χ0) is 22.8. The molecule has 0 spiro atoms. The van der Waals surface area contributed by atoms with Crippen molar-refractivity contribution in [3.8, 4) is 0 Å². The van der Waals surface area contributed by atoms with Crippen molar-refractivity contribution in [2.24, 2.45) is 0 Å². The van der Waals surface area contributed by atoms with Gasteiger partial charge in [-0.05, 0) is 48.9 Å². The van der Waals surface area contributed by atoms with Crippen molar-refractivity contribution in [2.75, 3.05) is 0 Å². The SMILES string of the molecule is Cc1ccc(C(=O)C[C@@H](c2ccc(C(F)(F)F)cc2)c2ncccc2C(F)(F)F)cn1. The van der Waals surface area contributed by atoms with Crippen molar-refractivity contribution < 1.29 is 31.1 Å². The van der Waals surface area contributed by atoms with Crippen molar-refractivity contribution in [3.63, 3.8) is 0 Å². The fourth-order valence-electron chi connectivity index (χ4n) is 3.15. The number of hydrogen-bond donors (Lipinski definition) is 0. The smallest absolute Gasteiger partial charge is 0.294 e. The molecule has 0 radical (unpaired) electrons. The molecule has 0 amide bonds. The average Bonchev–Trinajstić information content (AvgIpc) is 2.71. The third-order valence-corrected chi connectivity index (χ3v) is 4.74. The zero-order valence-corrected chi connectivity index (χ0v) is 16.1. The predicted octanol–water partition coefficient (Wildman–Crippen LogP) is 6.23. The molecule has 1 aromatic carbocycles. The second-order valence-electron chi connectivity index (χ2n) is 6.92. The largest absolute Gasteiger partial charge is 0.418 e. The summed E-state index contributed by atoms with van der Waals surface area (Å²) in [6.07, 6.45) is -7.30. The Hall–Kier alpha value is -3.23. The Labute approximate surface area is 173 Å². The molecule has 0 saturated heterocycles. The number of benzene rings is 1. The van der Waals surface area contributed by atoms with Crippen LogP contribution in [-0.2, 0) is 12.4 Å². The van der Waals surface area contributed by atoms with Gasteiger partial charge in [-0.3, -0.25) is 14.8 Å². The Kier molecular flexibility index (Phi) is 6.15. The van der Waals surface area contributed by atoms with Crippen LogP contribution in [-0.4, -0.2) is 15.8 Å². The minimum Gasteiger partial charge on any atom is -0.294 e. The number of Topliss-reactive ketones (excluding diaryl/α,β-unsaturated/α-hetero) is 1. The van der Waals surface area contributed by atoms with Gasteiger partial charge in [-0.1, -0.05) is 12.1 Å². The molecule has 0 N–H and O–H groups in total. The Bertz CT molecular complexity index is 1060. The van der Waals surface area contributed by atoms with Crippen LogP contribution in [0.2, 0.25) is 0 Å². The maximum Gasteiger partial charge on any atom is 0.418 e. The van der Waals surface area contributed by atoms with Crippen LogP contribution < -0.4 is 0 Å². The molecule has 3 nitrogen and oxygen atoms in total. The molecule has 9 heteroatoms. The van der Waals surface area contributed by atoms with E-state index in [9.17, 15) is 31.1 Å². The van der Waals surface area contributed by atoms with Crippen LogP contribution in [0.5, 0.6) is 0 Å². The molecule has 0 aliphatic carbocycles. The maximum absolute atomic E-state index is 13.6. The standard InChI is InChI=1S/C22H16F6N2O/c1-13-4-5-15(12-30-13)19(31)11-17(14-6-8-16(9-7-14)21(23,24)25)20-18(22(26,27)28)3-2-10-29-20/h2-10,12,17H,11H2,1H3/t17-/m0/s1. The molecule has 162 valence electrons. The van der Waals surface area contributed by atoms with Gasteiger partial charge in [-0.25, -0.2) is 0 Å². The fourth-order valence-corrected chi connectivity index (χ4v) is 3.15. The second kappa shape index (κ2) is 8.49. The normalized spacial score (nSPS) is 13.1. The molecule has 0 fully saturated rings. The molecule has 2 aromatic heterocycles. The van der Waals surface area contributed by atoms with Crippen LogP contribution in [0.1, 0.15) is 50.8 Å². The van der Waals surface area contributed by atoms with E-state index < -0.39 is 47.3 Å². The van der Waals surface area contributed by atoms with Gasteiger partial charge in [0.2, 0.25) is 0 Å². The molecule has 0 aliphatic rings. The summed E-state index contributed by atoms with van der Waals surface area (Å²) in [5.74, 6) is -1.70. The van der Waals surface area contributed by atoms with E-state index in [1.807, 2.05) is 0 Å². The van der Waals surface area contributed by atoms with E-state index in [-0.39, 0.29) is 11.1 Å². The number of aromatic nitrogens is 2. The van der Waals surface area contributed by atoms with E-state index in [0.29, 0.717) is 5.69 Å². The zero-order valence-electron chi connectivity index (χ0n) is 16.1. The van der Waals surface area contributed by atoms with E-state index in [1.165, 1.54) is 12.3 Å². The van der Waals surface area contributed by atoms with Crippen LogP contribution in [0.25, 0.3) is 0 Å². The molecule has 1 atom stereocenters. The number of pyridine rings is 2. The van der Waals surface area contributed by atoms with Crippen LogP contribution >= 0.6 is 0 Å². The molecule has 0 aliphatic heterocycles. The van der Waals surface area contributed by atoms with E-state index in [1.54, 1.807) is 13.0 Å². The van der Waals surface area contributed by atoms with Crippen LogP contribution in [0.15, 0.2) is 60.9 Å². The molecule has 31 heavy (non-hydrogen) atoms. The molecule has 2 heterocycles. The van der Waals surface area contributed by atoms with Gasteiger partial charge in [-0.15, -0.1) is 0 Å². The molecular formula is C22H16F6N2O. The fraction of sp³-hybridized carbons (Fsp3) is 0.227. The lowest BCUT2D eigenvalue weighted by Crippen LogP contribution is -2.17. The molecule has 0 saturated carbocycles. The minimum absolute atomic E-state index is 0.116. The molecule has 3 aromatic rings. The summed E-state index contributed by atoms with van der Waals surface area (Å²) in [5, 5.41) is 0. The van der Waals surface area contributed by atoms with Gasteiger partial charge in [0, 0.05) is 36.0 Å². The highest BCUT2D eigenvalue weighted by Crippen LogP contribution is 2.39. The number of halogens is 6. The summed E-state index contributed by atoms with van der Waals surface area (Å²) in [5.41, 5.74) is -1.46. The van der Waals surface area contributed by atoms with Gasteiger partial charge < -0.3 is 0 Å². The number of carbonyl (C=O) groups is 1. The van der Waals surface area contributed by atoms with E-state index in [4.69, 9.17) is 0 Å². The molecular weight excluding hydrogens is 422 g/mol. The quantitative estimate of drug-likeness (QED) is 0.351.